The number of hydrogen-bond donors (Lipinski definition) is 2. The standard InChI is InChI=1S/C13H14BrN7O2/c1-13(23-11(16)22)2-4-21(5-3-13)12-17-7(6-15)8-9(14)19-20-10(8)18-12/h2-5H2,1H3,(H2,16,22)(H,17,18,19,20). The quantitative estimate of drug-likeness (QED) is 0.805. The number of anilines is 1. The Morgan fingerprint density at radius 3 is 2.78 bits per heavy atom. The Kier molecular flexibility index (Phi) is 3.81. The van der Waals surface area contributed by atoms with Crippen molar-refractivity contribution in [3.8, 4) is 6.07 Å². The second kappa shape index (κ2) is 5.66. The molecule has 1 fully saturated rings. The summed E-state index contributed by atoms with van der Waals surface area (Å²) >= 11 is 3.29. The average molecular weight is 380 g/mol. The second-order valence-electron chi connectivity index (χ2n) is 5.58. The summed E-state index contributed by atoms with van der Waals surface area (Å²) in [5.74, 6) is 0.439. The molecule has 3 rings (SSSR count). The first-order chi connectivity index (χ1) is 10.9. The van der Waals surface area contributed by atoms with Crippen LogP contribution < -0.4 is 10.6 Å². The van der Waals surface area contributed by atoms with Crippen LogP contribution in [0.5, 0.6) is 0 Å². The van der Waals surface area contributed by atoms with Gasteiger partial charge < -0.3 is 15.4 Å². The molecule has 10 heteroatoms. The topological polar surface area (TPSA) is 134 Å². The van der Waals surface area contributed by atoms with Crippen molar-refractivity contribution >= 4 is 39.0 Å². The molecule has 1 saturated heterocycles. The number of H-pyrrole nitrogens is 1. The molecule has 1 aliphatic heterocycles. The minimum absolute atomic E-state index is 0.257. The van der Waals surface area contributed by atoms with E-state index in [4.69, 9.17) is 10.5 Å². The molecule has 0 radical (unpaired) electrons. The van der Waals surface area contributed by atoms with Gasteiger partial charge in [0.1, 0.15) is 16.3 Å². The molecule has 2 aromatic rings. The van der Waals surface area contributed by atoms with Gasteiger partial charge in [-0.25, -0.2) is 9.78 Å². The van der Waals surface area contributed by atoms with Crippen LogP contribution in [0.2, 0.25) is 0 Å². The maximum atomic E-state index is 11.0. The van der Waals surface area contributed by atoms with Gasteiger partial charge in [0, 0.05) is 25.9 Å². The molecule has 3 heterocycles. The molecule has 2 aromatic heterocycles. The van der Waals surface area contributed by atoms with Crippen LogP contribution in [0.15, 0.2) is 4.60 Å². The molecular weight excluding hydrogens is 366 g/mol. The Labute approximate surface area is 139 Å². The molecule has 23 heavy (non-hydrogen) atoms. The number of aromatic nitrogens is 4. The molecule has 0 saturated carbocycles. The number of aromatic amines is 1. The average Bonchev–Trinajstić information content (AvgIpc) is 2.87. The smallest absolute Gasteiger partial charge is 0.405 e. The lowest BCUT2D eigenvalue weighted by molar-refractivity contribution is 0.0125. The zero-order valence-corrected chi connectivity index (χ0v) is 13.9. The summed E-state index contributed by atoms with van der Waals surface area (Å²) in [6, 6.07) is 2.07. The van der Waals surface area contributed by atoms with E-state index >= 15 is 0 Å². The van der Waals surface area contributed by atoms with Crippen LogP contribution in [0.4, 0.5) is 10.7 Å². The zero-order chi connectivity index (χ0) is 16.6. The van der Waals surface area contributed by atoms with Gasteiger partial charge in [-0.3, -0.25) is 5.10 Å². The normalized spacial score (nSPS) is 17.0. The zero-order valence-electron chi connectivity index (χ0n) is 12.3. The van der Waals surface area contributed by atoms with Gasteiger partial charge in [-0.2, -0.15) is 15.3 Å². The third-order valence-electron chi connectivity index (χ3n) is 3.91. The number of hydrogen-bond acceptors (Lipinski definition) is 7. The van der Waals surface area contributed by atoms with Gasteiger partial charge >= 0.3 is 6.09 Å². The van der Waals surface area contributed by atoms with Gasteiger partial charge in [0.15, 0.2) is 11.3 Å². The Hall–Kier alpha value is -2.41. The summed E-state index contributed by atoms with van der Waals surface area (Å²) < 4.78 is 5.76. The molecule has 120 valence electrons. The number of primary amides is 1. The summed E-state index contributed by atoms with van der Waals surface area (Å²) in [5, 5.41) is 16.7. The van der Waals surface area contributed by atoms with E-state index in [1.165, 1.54) is 0 Å². The van der Waals surface area contributed by atoms with Crippen molar-refractivity contribution in [2.45, 2.75) is 25.4 Å². The molecule has 0 aromatic carbocycles. The molecule has 0 bridgehead atoms. The van der Waals surface area contributed by atoms with Gasteiger partial charge in [-0.15, -0.1) is 0 Å². The van der Waals surface area contributed by atoms with E-state index in [-0.39, 0.29) is 5.69 Å². The van der Waals surface area contributed by atoms with Crippen molar-refractivity contribution in [3.63, 3.8) is 0 Å². The first-order valence-corrected chi connectivity index (χ1v) is 7.76. The Bertz CT molecular complexity index is 804. The third-order valence-corrected chi connectivity index (χ3v) is 4.49. The highest BCUT2D eigenvalue weighted by atomic mass is 79.9. The highest BCUT2D eigenvalue weighted by molar-refractivity contribution is 9.10. The molecule has 0 unspecified atom stereocenters. The van der Waals surface area contributed by atoms with Crippen molar-refractivity contribution in [1.29, 1.82) is 5.26 Å². The number of carbonyl (C=O) groups excluding carboxylic acids is 1. The molecule has 0 aliphatic carbocycles. The summed E-state index contributed by atoms with van der Waals surface area (Å²) in [6.45, 7) is 3.03. The van der Waals surface area contributed by atoms with Crippen molar-refractivity contribution in [3.05, 3.63) is 10.3 Å². The van der Waals surface area contributed by atoms with Crippen LogP contribution in [0.25, 0.3) is 11.0 Å². The second-order valence-corrected chi connectivity index (χ2v) is 6.37. The van der Waals surface area contributed by atoms with E-state index < -0.39 is 11.7 Å². The minimum atomic E-state index is -0.772. The lowest BCUT2D eigenvalue weighted by Crippen LogP contribution is -2.46. The fraction of sp³-hybridized carbons (Fsp3) is 0.462. The summed E-state index contributed by atoms with van der Waals surface area (Å²) in [5.41, 5.74) is 5.21. The number of ether oxygens (including phenoxy) is 1. The van der Waals surface area contributed by atoms with Crippen LogP contribution in [0.3, 0.4) is 0 Å². The number of nitrogens with two attached hydrogens (primary N) is 1. The SMILES string of the molecule is CC1(OC(N)=O)CCN(c2nc(C#N)c3c(Br)[nH]nc3n2)CC1. The van der Waals surface area contributed by atoms with E-state index in [9.17, 15) is 10.1 Å². The Balaban J connectivity index is 1.85. The number of nitriles is 1. The number of piperidine rings is 1. The summed E-state index contributed by atoms with van der Waals surface area (Å²) in [4.78, 5) is 21.6. The monoisotopic (exact) mass is 379 g/mol. The largest absolute Gasteiger partial charge is 0.443 e. The van der Waals surface area contributed by atoms with Crippen molar-refractivity contribution in [2.24, 2.45) is 5.73 Å². The van der Waals surface area contributed by atoms with E-state index in [2.05, 4.69) is 42.2 Å². The first kappa shape index (κ1) is 15.5. The van der Waals surface area contributed by atoms with Crippen LogP contribution >= 0.6 is 15.9 Å². The van der Waals surface area contributed by atoms with E-state index in [1.807, 2.05) is 11.8 Å². The Morgan fingerprint density at radius 1 is 1.48 bits per heavy atom. The molecule has 1 amide bonds. The van der Waals surface area contributed by atoms with Crippen LogP contribution in [-0.2, 0) is 4.74 Å². The third kappa shape index (κ3) is 2.92. The number of amides is 1. The van der Waals surface area contributed by atoms with Crippen LogP contribution in [-0.4, -0.2) is 44.9 Å². The molecule has 3 N–H and O–H groups in total. The van der Waals surface area contributed by atoms with Gasteiger partial charge in [-0.1, -0.05) is 0 Å². The number of nitrogens with zero attached hydrogens (tertiary/aromatic N) is 5. The summed E-state index contributed by atoms with van der Waals surface area (Å²) in [6.07, 6.45) is 0.430. The maximum Gasteiger partial charge on any atom is 0.405 e. The number of rotatable bonds is 2. The molecular formula is C13H14BrN7O2. The highest BCUT2D eigenvalue weighted by Crippen LogP contribution is 2.29. The number of nitrogens with one attached hydrogen (secondary N) is 1. The number of fused-ring (bicyclic) bond motifs is 1. The van der Waals surface area contributed by atoms with E-state index in [0.29, 0.717) is 47.5 Å². The van der Waals surface area contributed by atoms with Gasteiger partial charge in [0.05, 0.1) is 5.39 Å². The van der Waals surface area contributed by atoms with Crippen molar-refractivity contribution in [1.82, 2.24) is 20.2 Å². The fourth-order valence-electron chi connectivity index (χ4n) is 2.63. The van der Waals surface area contributed by atoms with Gasteiger partial charge in [-0.05, 0) is 22.9 Å². The predicted molar refractivity (Wildman–Crippen MR) is 84.6 cm³/mol. The lowest BCUT2D eigenvalue weighted by atomic mass is 9.93. The van der Waals surface area contributed by atoms with Gasteiger partial charge in [0.25, 0.3) is 0 Å². The predicted octanol–water partition coefficient (Wildman–Crippen LogP) is 1.44. The fourth-order valence-corrected chi connectivity index (χ4v) is 3.08. The minimum Gasteiger partial charge on any atom is -0.443 e. The van der Waals surface area contributed by atoms with Crippen LogP contribution in [0, 0.1) is 11.3 Å². The van der Waals surface area contributed by atoms with E-state index in [0.717, 1.165) is 0 Å². The summed E-state index contributed by atoms with van der Waals surface area (Å²) in [7, 11) is 0. The first-order valence-electron chi connectivity index (χ1n) is 6.97. The maximum absolute atomic E-state index is 11.0. The molecule has 0 atom stereocenters. The molecule has 0 spiro atoms. The van der Waals surface area contributed by atoms with Crippen molar-refractivity contribution < 1.29 is 9.53 Å². The number of halogens is 1. The Morgan fingerprint density at radius 2 is 2.17 bits per heavy atom. The van der Waals surface area contributed by atoms with E-state index in [1.54, 1.807) is 0 Å². The van der Waals surface area contributed by atoms with Crippen molar-refractivity contribution in [2.75, 3.05) is 18.0 Å². The number of carbonyl (C=O) groups is 1. The van der Waals surface area contributed by atoms with Gasteiger partial charge in [0.2, 0.25) is 5.95 Å². The molecule has 9 nitrogen and oxygen atoms in total. The lowest BCUT2D eigenvalue weighted by Gasteiger charge is -2.38. The van der Waals surface area contributed by atoms with Crippen LogP contribution in [0.1, 0.15) is 25.5 Å². The highest BCUT2D eigenvalue weighted by Gasteiger charge is 2.34. The molecule has 1 aliphatic rings.